The van der Waals surface area contributed by atoms with Crippen LogP contribution in [0.15, 0.2) is 45.8 Å². The van der Waals surface area contributed by atoms with E-state index in [1.165, 1.54) is 10.2 Å². The molecule has 4 nitrogen and oxygen atoms in total. The summed E-state index contributed by atoms with van der Waals surface area (Å²) in [6, 6.07) is 7.32. The predicted molar refractivity (Wildman–Crippen MR) is 99.7 cm³/mol. The number of rotatable bonds is 6. The molecule has 1 aromatic heterocycles. The van der Waals surface area contributed by atoms with Crippen molar-refractivity contribution in [2.75, 3.05) is 0 Å². The van der Waals surface area contributed by atoms with Crippen LogP contribution >= 0.6 is 12.2 Å². The Morgan fingerprint density at radius 3 is 2.87 bits per heavy atom. The fraction of sp³-hybridized carbons (Fsp3) is 0.389. The van der Waals surface area contributed by atoms with Gasteiger partial charge in [-0.2, -0.15) is 9.78 Å². The highest BCUT2D eigenvalue weighted by atomic mass is 32.1. The van der Waals surface area contributed by atoms with E-state index in [1.54, 1.807) is 12.3 Å². The Labute approximate surface area is 141 Å². The molecule has 0 aliphatic heterocycles. The molecule has 122 valence electrons. The number of aromatic nitrogens is 2. The fourth-order valence-corrected chi connectivity index (χ4v) is 2.58. The summed E-state index contributed by atoms with van der Waals surface area (Å²) in [6.07, 6.45) is 7.04. The van der Waals surface area contributed by atoms with E-state index in [2.05, 4.69) is 36.9 Å². The van der Waals surface area contributed by atoms with Gasteiger partial charge in [0.1, 0.15) is 0 Å². The van der Waals surface area contributed by atoms with Crippen LogP contribution in [0.2, 0.25) is 0 Å². The van der Waals surface area contributed by atoms with Gasteiger partial charge >= 0.3 is 0 Å². The number of fused-ring (bicyclic) bond motifs is 1. The topological polar surface area (TPSA) is 50.1 Å². The monoisotopic (exact) mass is 329 g/mol. The fourth-order valence-electron chi connectivity index (χ4n) is 2.34. The highest BCUT2D eigenvalue weighted by molar-refractivity contribution is 7.71. The molecule has 0 saturated carbocycles. The highest BCUT2D eigenvalue weighted by Crippen LogP contribution is 2.10. The molecule has 0 fully saturated rings. The van der Waals surface area contributed by atoms with Crippen molar-refractivity contribution in [2.24, 2.45) is 11.0 Å². The molecule has 1 N–H and O–H groups in total. The maximum Gasteiger partial charge on any atom is 0.282 e. The summed E-state index contributed by atoms with van der Waals surface area (Å²) < 4.78 is 1.59. The van der Waals surface area contributed by atoms with Crippen LogP contribution in [0.1, 0.15) is 40.0 Å². The van der Waals surface area contributed by atoms with Gasteiger partial charge in [-0.15, -0.1) is 0 Å². The Balaban J connectivity index is 2.11. The van der Waals surface area contributed by atoms with E-state index in [1.807, 2.05) is 18.2 Å². The third kappa shape index (κ3) is 4.73. The first-order valence-electron chi connectivity index (χ1n) is 7.89. The zero-order valence-electron chi connectivity index (χ0n) is 13.9. The number of hydrogen-bond donors (Lipinski definition) is 1. The third-order valence-corrected chi connectivity index (χ3v) is 3.98. The normalized spacial score (nSPS) is 12.7. The van der Waals surface area contributed by atoms with E-state index in [0.717, 1.165) is 24.8 Å². The summed E-state index contributed by atoms with van der Waals surface area (Å²) in [4.78, 5) is 15.5. The van der Waals surface area contributed by atoms with Crippen molar-refractivity contribution in [1.82, 2.24) is 9.66 Å². The van der Waals surface area contributed by atoms with Gasteiger partial charge in [0, 0.05) is 6.21 Å². The van der Waals surface area contributed by atoms with Gasteiger partial charge in [-0.1, -0.05) is 30.7 Å². The number of para-hydroxylation sites is 1. The first-order chi connectivity index (χ1) is 11.0. The minimum absolute atomic E-state index is 0.183. The average Bonchev–Trinajstić information content (AvgIpc) is 2.50. The quantitative estimate of drug-likeness (QED) is 0.476. The van der Waals surface area contributed by atoms with Crippen LogP contribution < -0.4 is 5.56 Å². The number of allylic oxidation sites excluding steroid dienone is 2. The minimum Gasteiger partial charge on any atom is -0.330 e. The Morgan fingerprint density at radius 2 is 2.13 bits per heavy atom. The molecule has 23 heavy (non-hydrogen) atoms. The molecule has 0 spiro atoms. The lowest BCUT2D eigenvalue weighted by Crippen LogP contribution is -2.18. The van der Waals surface area contributed by atoms with Crippen LogP contribution in [-0.2, 0) is 0 Å². The summed E-state index contributed by atoms with van der Waals surface area (Å²) >= 11 is 5.23. The van der Waals surface area contributed by atoms with Crippen molar-refractivity contribution in [3.05, 3.63) is 51.0 Å². The van der Waals surface area contributed by atoms with Gasteiger partial charge in [-0.25, -0.2) is 0 Å². The van der Waals surface area contributed by atoms with E-state index in [9.17, 15) is 4.79 Å². The summed E-state index contributed by atoms with van der Waals surface area (Å²) in [5, 5.41) is 4.86. The molecule has 1 atom stereocenters. The van der Waals surface area contributed by atoms with Gasteiger partial charge in [0.05, 0.1) is 10.9 Å². The maximum atomic E-state index is 12.4. The summed E-state index contributed by atoms with van der Waals surface area (Å²) in [5.41, 5.74) is 1.90. The first kappa shape index (κ1) is 17.3. The predicted octanol–water partition coefficient (Wildman–Crippen LogP) is 4.67. The van der Waals surface area contributed by atoms with Crippen LogP contribution in [-0.4, -0.2) is 15.9 Å². The number of aromatic amines is 1. The molecule has 2 aromatic rings. The summed E-state index contributed by atoms with van der Waals surface area (Å²) in [6.45, 7) is 6.41. The number of hydrogen-bond acceptors (Lipinski definition) is 3. The zero-order chi connectivity index (χ0) is 16.8. The number of benzene rings is 1. The van der Waals surface area contributed by atoms with Crippen molar-refractivity contribution >= 4 is 29.3 Å². The zero-order valence-corrected chi connectivity index (χ0v) is 14.7. The average molecular weight is 329 g/mol. The third-order valence-electron chi connectivity index (χ3n) is 3.70. The van der Waals surface area contributed by atoms with E-state index in [4.69, 9.17) is 12.2 Å². The van der Waals surface area contributed by atoms with Crippen molar-refractivity contribution in [3.8, 4) is 0 Å². The Kier molecular flexibility index (Phi) is 6.04. The molecule has 0 radical (unpaired) electrons. The number of H-pyrrole nitrogens is 1. The van der Waals surface area contributed by atoms with Gasteiger partial charge < -0.3 is 4.98 Å². The maximum absolute atomic E-state index is 12.4. The molecule has 0 aliphatic carbocycles. The van der Waals surface area contributed by atoms with Gasteiger partial charge in [-0.3, -0.25) is 4.79 Å². The summed E-state index contributed by atoms with van der Waals surface area (Å²) in [7, 11) is 0. The SMILES string of the molecule is CC(C)=CCC[C@H](C)C/C=N\n1c(=S)[nH]c2ccccc2c1=O. The second-order valence-corrected chi connectivity index (χ2v) is 6.48. The van der Waals surface area contributed by atoms with Crippen molar-refractivity contribution in [2.45, 2.75) is 40.0 Å². The molecule has 0 aliphatic rings. The van der Waals surface area contributed by atoms with Crippen LogP contribution in [0, 0.1) is 10.7 Å². The summed E-state index contributed by atoms with van der Waals surface area (Å²) in [5.74, 6) is 0.517. The van der Waals surface area contributed by atoms with Gasteiger partial charge in [0.15, 0.2) is 0 Å². The number of nitrogens with zero attached hydrogens (tertiary/aromatic N) is 2. The standard InChI is InChI=1S/C18H23N3OS/c1-13(2)7-6-8-14(3)11-12-19-21-17(22)15-9-4-5-10-16(15)20-18(21)23/h4-5,7,9-10,12,14H,6,8,11H2,1-3H3,(H,20,23)/b19-12-/t14-/m0/s1. The Morgan fingerprint density at radius 1 is 1.39 bits per heavy atom. The van der Waals surface area contributed by atoms with Crippen molar-refractivity contribution in [1.29, 1.82) is 0 Å². The molecule has 0 bridgehead atoms. The second kappa shape index (κ2) is 8.02. The van der Waals surface area contributed by atoms with E-state index in [-0.39, 0.29) is 5.56 Å². The van der Waals surface area contributed by atoms with E-state index in [0.29, 0.717) is 16.1 Å². The number of nitrogens with one attached hydrogen (secondary N) is 1. The van der Waals surface area contributed by atoms with E-state index < -0.39 is 0 Å². The molecular weight excluding hydrogens is 306 g/mol. The highest BCUT2D eigenvalue weighted by Gasteiger charge is 2.04. The smallest absolute Gasteiger partial charge is 0.282 e. The van der Waals surface area contributed by atoms with Crippen LogP contribution in [0.25, 0.3) is 10.9 Å². The molecule has 0 amide bonds. The molecule has 0 saturated heterocycles. The Bertz CT molecular complexity index is 841. The van der Waals surface area contributed by atoms with Crippen LogP contribution in [0.5, 0.6) is 0 Å². The van der Waals surface area contributed by atoms with E-state index >= 15 is 0 Å². The van der Waals surface area contributed by atoms with Crippen molar-refractivity contribution < 1.29 is 0 Å². The minimum atomic E-state index is -0.183. The first-order valence-corrected chi connectivity index (χ1v) is 8.30. The molecule has 1 aromatic carbocycles. The van der Waals surface area contributed by atoms with Gasteiger partial charge in [0.25, 0.3) is 5.56 Å². The Hall–Kier alpha value is -2.01. The van der Waals surface area contributed by atoms with Crippen molar-refractivity contribution in [3.63, 3.8) is 0 Å². The molecule has 0 unspecified atom stereocenters. The molecule has 1 heterocycles. The van der Waals surface area contributed by atoms with Crippen LogP contribution in [0.3, 0.4) is 0 Å². The second-order valence-electron chi connectivity index (χ2n) is 6.09. The van der Waals surface area contributed by atoms with Gasteiger partial charge in [0.2, 0.25) is 4.77 Å². The lowest BCUT2D eigenvalue weighted by Gasteiger charge is -2.06. The molecule has 5 heteroatoms. The van der Waals surface area contributed by atoms with Crippen LogP contribution in [0.4, 0.5) is 0 Å². The molecule has 2 rings (SSSR count). The lowest BCUT2D eigenvalue weighted by molar-refractivity contribution is 0.561. The molecular formula is C18H23N3OS. The lowest BCUT2D eigenvalue weighted by atomic mass is 10.0. The largest absolute Gasteiger partial charge is 0.330 e. The van der Waals surface area contributed by atoms with Gasteiger partial charge in [-0.05, 0) is 63.4 Å².